The number of nitrogens with one attached hydrogen (secondary N) is 9. The Kier molecular flexibility index (Phi) is 10.9. The van der Waals surface area contributed by atoms with Crippen LogP contribution in [0.2, 0.25) is 0 Å². The van der Waals surface area contributed by atoms with E-state index in [0.717, 1.165) is 78.5 Å². The normalized spacial score (nSPS) is 16.6. The quantitative estimate of drug-likeness (QED) is 0.100. The molecule has 8 rings (SSSR count). The molecule has 0 radical (unpaired) electrons. The third kappa shape index (κ3) is 7.79. The van der Waals surface area contributed by atoms with Crippen molar-refractivity contribution in [3.8, 4) is 0 Å². The van der Waals surface area contributed by atoms with E-state index in [1.807, 2.05) is 0 Å². The topological polar surface area (TPSA) is 120 Å². The van der Waals surface area contributed by atoms with E-state index in [4.69, 9.17) is 0 Å². The molecule has 3 aliphatic rings. The van der Waals surface area contributed by atoms with E-state index in [9.17, 15) is 0 Å². The summed E-state index contributed by atoms with van der Waals surface area (Å²) in [6, 6.07) is 13.3. The molecule has 0 saturated carbocycles. The van der Waals surface area contributed by atoms with Crippen LogP contribution in [0.25, 0.3) is 0 Å². The first kappa shape index (κ1) is 35.4. The largest absolute Gasteiger partial charge is 0.360 e. The highest BCUT2D eigenvalue weighted by Gasteiger charge is 2.19. The van der Waals surface area contributed by atoms with Gasteiger partial charge in [0.15, 0.2) is 0 Å². The molecular formula is C42H57N9. The Bertz CT molecular complexity index is 1590. The summed E-state index contributed by atoms with van der Waals surface area (Å²) in [6.07, 6.45) is 0. The van der Waals surface area contributed by atoms with Gasteiger partial charge in [0.05, 0.1) is 0 Å². The summed E-state index contributed by atoms with van der Waals surface area (Å²) in [4.78, 5) is 11.0. The molecule has 3 aliphatic heterocycles. The Hall–Kier alpha value is -3.96. The zero-order chi connectivity index (χ0) is 35.5. The van der Waals surface area contributed by atoms with Crippen LogP contribution in [-0.4, -0.2) is 15.0 Å². The molecule has 51 heavy (non-hydrogen) atoms. The SMILES string of the molecule is Cc1c2c(C)c3c(C)c1CNCc1ccc([nH]1)CNCc1c(C)c(c(C)c(c1C)CNCc1ccc([nH]1)CNC3)CNCc1ccc([nH]1)CNC2. The number of hydrogen-bond donors (Lipinski definition) is 9. The van der Waals surface area contributed by atoms with E-state index in [-0.39, 0.29) is 0 Å². The fourth-order valence-electron chi connectivity index (χ4n) is 8.40. The van der Waals surface area contributed by atoms with Gasteiger partial charge in [-0.25, -0.2) is 0 Å². The molecule has 270 valence electrons. The second kappa shape index (κ2) is 15.7. The van der Waals surface area contributed by atoms with Gasteiger partial charge >= 0.3 is 0 Å². The molecule has 2 aromatic carbocycles. The van der Waals surface area contributed by atoms with Gasteiger partial charge in [0.2, 0.25) is 0 Å². The molecule has 9 heteroatoms. The van der Waals surface area contributed by atoms with E-state index in [1.165, 1.54) is 101 Å². The van der Waals surface area contributed by atoms with Crippen LogP contribution in [0.5, 0.6) is 0 Å². The minimum atomic E-state index is 0.793. The highest BCUT2D eigenvalue weighted by molar-refractivity contribution is 5.52. The molecule has 0 amide bonds. The van der Waals surface area contributed by atoms with E-state index >= 15 is 0 Å². The van der Waals surface area contributed by atoms with Gasteiger partial charge in [-0.2, -0.15) is 0 Å². The van der Waals surface area contributed by atoms with E-state index in [1.54, 1.807) is 0 Å². The van der Waals surface area contributed by atoms with Gasteiger partial charge in [-0.05, 0) is 145 Å². The lowest BCUT2D eigenvalue weighted by Crippen LogP contribution is -2.23. The molecule has 5 aromatic rings. The van der Waals surface area contributed by atoms with Gasteiger partial charge in [0.1, 0.15) is 0 Å². The summed E-state index contributed by atoms with van der Waals surface area (Å²) >= 11 is 0. The van der Waals surface area contributed by atoms with Gasteiger partial charge in [-0.1, -0.05) is 0 Å². The van der Waals surface area contributed by atoms with Gasteiger partial charge < -0.3 is 46.9 Å². The molecule has 3 aromatic heterocycles. The predicted octanol–water partition coefficient (Wildman–Crippen LogP) is 5.89. The van der Waals surface area contributed by atoms with Crippen molar-refractivity contribution in [1.82, 2.24) is 46.9 Å². The lowest BCUT2D eigenvalue weighted by atomic mass is 9.87. The third-order valence-corrected chi connectivity index (χ3v) is 11.6. The fourth-order valence-corrected chi connectivity index (χ4v) is 8.40. The number of hydrogen-bond acceptors (Lipinski definition) is 6. The van der Waals surface area contributed by atoms with Crippen molar-refractivity contribution in [3.05, 3.63) is 137 Å². The summed E-state index contributed by atoms with van der Waals surface area (Å²) in [5, 5.41) is 22.7. The lowest BCUT2D eigenvalue weighted by molar-refractivity contribution is 0.632. The minimum absolute atomic E-state index is 0.793. The first-order valence-electron chi connectivity index (χ1n) is 18.7. The van der Waals surface area contributed by atoms with Gasteiger partial charge in [0, 0.05) is 113 Å². The third-order valence-electron chi connectivity index (χ3n) is 11.6. The van der Waals surface area contributed by atoms with Crippen LogP contribution in [-0.2, 0) is 78.5 Å². The van der Waals surface area contributed by atoms with Crippen LogP contribution >= 0.6 is 0 Å². The minimum Gasteiger partial charge on any atom is -0.360 e. The van der Waals surface area contributed by atoms with Crippen molar-refractivity contribution in [2.24, 2.45) is 0 Å². The Morgan fingerprint density at radius 3 is 0.569 bits per heavy atom. The maximum Gasteiger partial charge on any atom is 0.0360 e. The number of benzene rings is 2. The summed E-state index contributed by atoms with van der Waals surface area (Å²) in [7, 11) is 0. The smallest absolute Gasteiger partial charge is 0.0360 e. The molecule has 0 saturated heterocycles. The molecule has 12 bridgehead atoms. The molecular weight excluding hydrogens is 631 g/mol. The second-order valence-corrected chi connectivity index (χ2v) is 14.8. The summed E-state index contributed by atoms with van der Waals surface area (Å²) in [5.41, 5.74) is 23.9. The van der Waals surface area contributed by atoms with Crippen LogP contribution in [0.3, 0.4) is 0 Å². The maximum absolute atomic E-state index is 3.78. The zero-order valence-corrected chi connectivity index (χ0v) is 31.4. The molecule has 0 fully saturated rings. The van der Waals surface area contributed by atoms with E-state index in [0.29, 0.717) is 0 Å². The zero-order valence-electron chi connectivity index (χ0n) is 31.4. The monoisotopic (exact) mass is 687 g/mol. The predicted molar refractivity (Wildman–Crippen MR) is 207 cm³/mol. The fraction of sp³-hybridized carbons (Fsp3) is 0.429. The van der Waals surface area contributed by atoms with E-state index < -0.39 is 0 Å². The van der Waals surface area contributed by atoms with Crippen molar-refractivity contribution in [1.29, 1.82) is 0 Å². The van der Waals surface area contributed by atoms with Gasteiger partial charge in [-0.15, -0.1) is 0 Å². The number of H-pyrrole nitrogens is 3. The molecule has 9 N–H and O–H groups in total. The molecule has 0 atom stereocenters. The Balaban J connectivity index is 1.29. The van der Waals surface area contributed by atoms with Crippen LogP contribution < -0.4 is 31.9 Å². The molecule has 0 unspecified atom stereocenters. The number of rotatable bonds is 0. The molecule has 9 nitrogen and oxygen atoms in total. The van der Waals surface area contributed by atoms with Crippen molar-refractivity contribution in [3.63, 3.8) is 0 Å². The average molecular weight is 688 g/mol. The molecule has 6 heterocycles. The standard InChI is InChI=1S/C42H57N9/c1-25-37-19-43-13-31-7-9-34(49-31)16-46-22-40-28(4)41-23-47-17-35-10-8-32(50-35)14-44-20-38(25)27(3)39(26(37)2)21-45-15-33-11-12-36(51-33)18-48-24-42(29(40)5)30(41)6/h7-12,43-51H,13-24H2,1-6H3. The van der Waals surface area contributed by atoms with Crippen LogP contribution in [0.15, 0.2) is 36.4 Å². The number of fused-ring (bicyclic) bond motifs is 12. The van der Waals surface area contributed by atoms with Crippen LogP contribution in [0, 0.1) is 41.5 Å². The lowest BCUT2D eigenvalue weighted by Gasteiger charge is -2.24. The first-order valence-corrected chi connectivity index (χ1v) is 18.7. The first-order chi connectivity index (χ1) is 24.8. The van der Waals surface area contributed by atoms with Crippen LogP contribution in [0.4, 0.5) is 0 Å². The van der Waals surface area contributed by atoms with Crippen molar-refractivity contribution in [2.75, 3.05) is 0 Å². The summed E-state index contributed by atoms with van der Waals surface area (Å²) in [5.74, 6) is 0. The Morgan fingerprint density at radius 2 is 0.412 bits per heavy atom. The molecule has 0 spiro atoms. The summed E-state index contributed by atoms with van der Waals surface area (Å²) in [6.45, 7) is 23.5. The van der Waals surface area contributed by atoms with Crippen molar-refractivity contribution < 1.29 is 0 Å². The highest BCUT2D eigenvalue weighted by Crippen LogP contribution is 2.29. The average Bonchev–Trinajstić information content (AvgIpc) is 3.88. The second-order valence-electron chi connectivity index (χ2n) is 14.8. The maximum atomic E-state index is 3.78. The van der Waals surface area contributed by atoms with Gasteiger partial charge in [0.25, 0.3) is 0 Å². The van der Waals surface area contributed by atoms with Crippen molar-refractivity contribution in [2.45, 2.75) is 120 Å². The van der Waals surface area contributed by atoms with Crippen molar-refractivity contribution >= 4 is 0 Å². The van der Waals surface area contributed by atoms with Gasteiger partial charge in [-0.3, -0.25) is 0 Å². The van der Waals surface area contributed by atoms with E-state index in [2.05, 4.69) is 125 Å². The van der Waals surface area contributed by atoms with Crippen LogP contribution in [0.1, 0.15) is 101 Å². The molecule has 0 aliphatic carbocycles. The Labute approximate surface area is 303 Å². The Morgan fingerprint density at radius 1 is 0.255 bits per heavy atom. The highest BCUT2D eigenvalue weighted by atomic mass is 15.0. The summed E-state index contributed by atoms with van der Waals surface area (Å²) < 4.78 is 0. The number of aromatic amines is 3. The number of aromatic nitrogens is 3.